The number of likely N-dealkylation sites (tertiary alicyclic amines) is 1. The van der Waals surface area contributed by atoms with Crippen LogP contribution in [0.15, 0.2) is 0 Å². The Morgan fingerprint density at radius 2 is 2.12 bits per heavy atom. The maximum absolute atomic E-state index is 9.75. The van der Waals surface area contributed by atoms with Crippen molar-refractivity contribution in [2.45, 2.75) is 37.5 Å². The minimum Gasteiger partial charge on any atom is -0.390 e. The Hall–Kier alpha value is -0.160. The van der Waals surface area contributed by atoms with Gasteiger partial charge in [0.2, 0.25) is 0 Å². The van der Waals surface area contributed by atoms with Crippen molar-refractivity contribution in [2.75, 3.05) is 40.3 Å². The minimum atomic E-state index is -0.245. The van der Waals surface area contributed by atoms with Gasteiger partial charge in [0.1, 0.15) is 0 Å². The minimum absolute atomic E-state index is 0.245. The molecule has 94 valence electrons. The lowest BCUT2D eigenvalue weighted by Gasteiger charge is -2.20. The molecule has 2 N–H and O–H groups in total. The van der Waals surface area contributed by atoms with Crippen molar-refractivity contribution in [3.05, 3.63) is 0 Å². The summed E-state index contributed by atoms with van der Waals surface area (Å²) in [7, 11) is 3.99. The lowest BCUT2D eigenvalue weighted by Crippen LogP contribution is -2.41. The van der Waals surface area contributed by atoms with Crippen LogP contribution in [0.3, 0.4) is 0 Å². The Morgan fingerprint density at radius 3 is 2.75 bits per heavy atom. The number of nitrogens with one attached hydrogen (secondary N) is 1. The summed E-state index contributed by atoms with van der Waals surface area (Å²) in [6.07, 6.45) is 3.79. The first-order valence-corrected chi connectivity index (χ1v) is 6.45. The summed E-state index contributed by atoms with van der Waals surface area (Å²) < 4.78 is 0. The van der Waals surface area contributed by atoms with E-state index in [0.29, 0.717) is 6.04 Å². The molecule has 4 nitrogen and oxygen atoms in total. The standard InChI is InChI=1S/C12H25N3O/c1-14(2)9-12(16)7-13-10-5-6-15(8-10)11-3-4-11/h10-13,16H,3-9H2,1-2H3. The Bertz CT molecular complexity index is 218. The van der Waals surface area contributed by atoms with E-state index >= 15 is 0 Å². The van der Waals surface area contributed by atoms with Gasteiger partial charge in [0.05, 0.1) is 6.10 Å². The molecule has 0 radical (unpaired) electrons. The molecule has 0 bridgehead atoms. The third kappa shape index (κ3) is 3.70. The fourth-order valence-electron chi connectivity index (χ4n) is 2.51. The summed E-state index contributed by atoms with van der Waals surface area (Å²) in [5.41, 5.74) is 0. The summed E-state index contributed by atoms with van der Waals surface area (Å²) in [5, 5.41) is 13.2. The summed E-state index contributed by atoms with van der Waals surface area (Å²) in [6, 6.07) is 1.48. The van der Waals surface area contributed by atoms with Gasteiger partial charge in [-0.15, -0.1) is 0 Å². The smallest absolute Gasteiger partial charge is 0.0791 e. The van der Waals surface area contributed by atoms with Gasteiger partial charge in [0, 0.05) is 38.3 Å². The second-order valence-corrected chi connectivity index (χ2v) is 5.54. The number of aliphatic hydroxyl groups excluding tert-OH is 1. The van der Waals surface area contributed by atoms with E-state index in [-0.39, 0.29) is 6.10 Å². The van der Waals surface area contributed by atoms with Crippen LogP contribution < -0.4 is 5.32 Å². The highest BCUT2D eigenvalue weighted by Gasteiger charge is 2.34. The first-order valence-electron chi connectivity index (χ1n) is 6.45. The van der Waals surface area contributed by atoms with Gasteiger partial charge in [-0.05, 0) is 33.4 Å². The van der Waals surface area contributed by atoms with E-state index in [4.69, 9.17) is 0 Å². The van der Waals surface area contributed by atoms with E-state index in [0.717, 1.165) is 19.1 Å². The molecule has 0 spiro atoms. The van der Waals surface area contributed by atoms with Crippen LogP contribution in [0.25, 0.3) is 0 Å². The van der Waals surface area contributed by atoms with Crippen molar-refractivity contribution < 1.29 is 5.11 Å². The Balaban J connectivity index is 1.59. The fraction of sp³-hybridized carbons (Fsp3) is 1.00. The van der Waals surface area contributed by atoms with Crippen molar-refractivity contribution in [3.63, 3.8) is 0 Å². The van der Waals surface area contributed by atoms with Crippen LogP contribution in [0.1, 0.15) is 19.3 Å². The zero-order chi connectivity index (χ0) is 11.5. The molecular weight excluding hydrogens is 202 g/mol. The third-order valence-corrected chi connectivity index (χ3v) is 3.50. The predicted octanol–water partition coefficient (Wildman–Crippen LogP) is -0.265. The van der Waals surface area contributed by atoms with Gasteiger partial charge in [0.15, 0.2) is 0 Å². The first kappa shape index (κ1) is 12.3. The van der Waals surface area contributed by atoms with Crippen molar-refractivity contribution in [2.24, 2.45) is 0 Å². The quantitative estimate of drug-likeness (QED) is 0.655. The molecule has 2 rings (SSSR count). The van der Waals surface area contributed by atoms with Crippen LogP contribution in [-0.4, -0.2) is 73.4 Å². The van der Waals surface area contributed by atoms with Gasteiger partial charge in [-0.1, -0.05) is 0 Å². The van der Waals surface area contributed by atoms with Crippen molar-refractivity contribution in [3.8, 4) is 0 Å². The first-order chi connectivity index (χ1) is 7.65. The molecule has 4 heteroatoms. The number of aliphatic hydroxyl groups is 1. The Kier molecular flexibility index (Phi) is 4.19. The van der Waals surface area contributed by atoms with Gasteiger partial charge < -0.3 is 15.3 Å². The molecule has 1 aliphatic carbocycles. The zero-order valence-corrected chi connectivity index (χ0v) is 10.5. The van der Waals surface area contributed by atoms with Gasteiger partial charge >= 0.3 is 0 Å². The lowest BCUT2D eigenvalue weighted by molar-refractivity contribution is 0.131. The Morgan fingerprint density at radius 1 is 1.38 bits per heavy atom. The van der Waals surface area contributed by atoms with Crippen molar-refractivity contribution in [1.82, 2.24) is 15.1 Å². The molecule has 1 saturated heterocycles. The monoisotopic (exact) mass is 227 g/mol. The van der Waals surface area contributed by atoms with E-state index in [2.05, 4.69) is 10.2 Å². The van der Waals surface area contributed by atoms with E-state index in [9.17, 15) is 5.11 Å². The molecule has 2 fully saturated rings. The van der Waals surface area contributed by atoms with Gasteiger partial charge in [-0.25, -0.2) is 0 Å². The second-order valence-electron chi connectivity index (χ2n) is 5.54. The SMILES string of the molecule is CN(C)CC(O)CNC1CCN(C2CC2)C1. The second kappa shape index (κ2) is 5.45. The molecular formula is C12H25N3O. The maximum Gasteiger partial charge on any atom is 0.0791 e. The van der Waals surface area contributed by atoms with Crippen LogP contribution in [0, 0.1) is 0 Å². The molecule has 1 heterocycles. The van der Waals surface area contributed by atoms with Gasteiger partial charge in [-0.3, -0.25) is 4.90 Å². The molecule has 0 aromatic heterocycles. The Labute approximate surface area is 98.6 Å². The lowest BCUT2D eigenvalue weighted by atomic mass is 10.2. The molecule has 2 unspecified atom stereocenters. The normalized spacial score (nSPS) is 28.9. The predicted molar refractivity (Wildman–Crippen MR) is 65.6 cm³/mol. The summed E-state index contributed by atoms with van der Waals surface area (Å²) in [4.78, 5) is 4.62. The average Bonchev–Trinajstić information content (AvgIpc) is 2.94. The van der Waals surface area contributed by atoms with Gasteiger partial charge in [-0.2, -0.15) is 0 Å². The van der Waals surface area contributed by atoms with Crippen molar-refractivity contribution >= 4 is 0 Å². The molecule has 1 aliphatic heterocycles. The number of rotatable bonds is 6. The number of likely N-dealkylation sites (N-methyl/N-ethyl adjacent to an activating group) is 1. The molecule has 0 aromatic carbocycles. The number of nitrogens with zero attached hydrogens (tertiary/aromatic N) is 2. The largest absolute Gasteiger partial charge is 0.390 e. The van der Waals surface area contributed by atoms with Crippen LogP contribution in [-0.2, 0) is 0 Å². The highest BCUT2D eigenvalue weighted by atomic mass is 16.3. The highest BCUT2D eigenvalue weighted by molar-refractivity contribution is 4.92. The van der Waals surface area contributed by atoms with Crippen molar-refractivity contribution in [1.29, 1.82) is 0 Å². The summed E-state index contributed by atoms with van der Waals surface area (Å²) in [6.45, 7) is 3.89. The van der Waals surface area contributed by atoms with Crippen LogP contribution >= 0.6 is 0 Å². The molecule has 1 saturated carbocycles. The molecule has 2 atom stereocenters. The molecule has 0 aromatic rings. The fourth-order valence-corrected chi connectivity index (χ4v) is 2.51. The maximum atomic E-state index is 9.75. The molecule has 16 heavy (non-hydrogen) atoms. The molecule has 2 aliphatic rings. The molecule has 0 amide bonds. The summed E-state index contributed by atoms with van der Waals surface area (Å²) >= 11 is 0. The van der Waals surface area contributed by atoms with E-state index < -0.39 is 0 Å². The summed E-state index contributed by atoms with van der Waals surface area (Å²) in [5.74, 6) is 0. The van der Waals surface area contributed by atoms with Crippen LogP contribution in [0.5, 0.6) is 0 Å². The highest BCUT2D eigenvalue weighted by Crippen LogP contribution is 2.29. The van der Waals surface area contributed by atoms with E-state index in [1.165, 1.54) is 32.4 Å². The third-order valence-electron chi connectivity index (χ3n) is 3.50. The van der Waals surface area contributed by atoms with E-state index in [1.807, 2.05) is 19.0 Å². The zero-order valence-electron chi connectivity index (χ0n) is 10.5. The van der Waals surface area contributed by atoms with Crippen LogP contribution in [0.2, 0.25) is 0 Å². The number of hydrogen-bond acceptors (Lipinski definition) is 4. The van der Waals surface area contributed by atoms with Gasteiger partial charge in [0.25, 0.3) is 0 Å². The average molecular weight is 227 g/mol. The topological polar surface area (TPSA) is 38.7 Å². The number of hydrogen-bond donors (Lipinski definition) is 2. The van der Waals surface area contributed by atoms with E-state index in [1.54, 1.807) is 0 Å². The van der Waals surface area contributed by atoms with Crippen LogP contribution in [0.4, 0.5) is 0 Å².